The van der Waals surface area contributed by atoms with Gasteiger partial charge in [-0.05, 0) is 32.6 Å². The molecule has 4 aliphatic rings. The van der Waals surface area contributed by atoms with E-state index in [9.17, 15) is 14.4 Å². The minimum absolute atomic E-state index is 0.0537. The molecule has 4 fully saturated rings. The first-order chi connectivity index (χ1) is 13.0. The van der Waals surface area contributed by atoms with E-state index in [1.165, 1.54) is 0 Å². The lowest BCUT2D eigenvalue weighted by molar-refractivity contribution is -0.128. The molecule has 2 heterocycles. The van der Waals surface area contributed by atoms with Crippen LogP contribution in [0.25, 0.3) is 0 Å². The molecule has 0 spiro atoms. The highest BCUT2D eigenvalue weighted by molar-refractivity contribution is 5.82. The van der Waals surface area contributed by atoms with Gasteiger partial charge in [0.05, 0.1) is 6.04 Å². The summed E-state index contributed by atoms with van der Waals surface area (Å²) in [6.07, 6.45) is 5.01. The maximum atomic E-state index is 12.4. The number of piperazine rings is 1. The Morgan fingerprint density at radius 2 is 1.81 bits per heavy atom. The van der Waals surface area contributed by atoms with Crippen molar-refractivity contribution in [2.45, 2.75) is 57.2 Å². The Morgan fingerprint density at radius 1 is 1.11 bits per heavy atom. The van der Waals surface area contributed by atoms with Crippen LogP contribution in [0.5, 0.6) is 0 Å². The van der Waals surface area contributed by atoms with Gasteiger partial charge in [0.15, 0.2) is 0 Å². The first-order valence-electron chi connectivity index (χ1n) is 10.4. The number of hydrogen-bond donors (Lipinski definition) is 2. The van der Waals surface area contributed by atoms with Crippen molar-refractivity contribution >= 4 is 17.8 Å². The van der Waals surface area contributed by atoms with Crippen LogP contribution in [-0.2, 0) is 9.59 Å². The Kier molecular flexibility index (Phi) is 5.25. The van der Waals surface area contributed by atoms with Crippen molar-refractivity contribution in [3.8, 4) is 0 Å². The van der Waals surface area contributed by atoms with Gasteiger partial charge < -0.3 is 20.4 Å². The average molecular weight is 377 g/mol. The molecule has 4 amide bonds. The molecule has 0 radical (unpaired) electrons. The number of carbonyl (C=O) groups excluding carboxylic acids is 3. The zero-order valence-corrected chi connectivity index (χ0v) is 16.2. The van der Waals surface area contributed by atoms with Crippen molar-refractivity contribution in [3.05, 3.63) is 0 Å². The summed E-state index contributed by atoms with van der Waals surface area (Å²) in [6.45, 7) is 5.97. The smallest absolute Gasteiger partial charge is 0.317 e. The molecule has 2 saturated heterocycles. The molecule has 8 nitrogen and oxygen atoms in total. The number of nitrogens with zero attached hydrogens (tertiary/aromatic N) is 3. The molecule has 2 atom stereocenters. The number of carbonyl (C=O) groups is 3. The van der Waals surface area contributed by atoms with Gasteiger partial charge in [0, 0.05) is 63.7 Å². The minimum atomic E-state index is -0.145. The fraction of sp³-hybridized carbons (Fsp3) is 0.842. The van der Waals surface area contributed by atoms with Crippen LogP contribution in [0.4, 0.5) is 4.79 Å². The second kappa shape index (κ2) is 7.66. The van der Waals surface area contributed by atoms with E-state index in [0.29, 0.717) is 51.2 Å². The highest BCUT2D eigenvalue weighted by Crippen LogP contribution is 2.32. The molecule has 2 saturated carbocycles. The molecule has 0 aromatic carbocycles. The first-order valence-corrected chi connectivity index (χ1v) is 10.4. The molecule has 2 unspecified atom stereocenters. The average Bonchev–Trinajstić information content (AvgIpc) is 3.59. The summed E-state index contributed by atoms with van der Waals surface area (Å²) in [5.74, 6) is 0.569. The van der Waals surface area contributed by atoms with Crippen LogP contribution in [0.3, 0.4) is 0 Å². The van der Waals surface area contributed by atoms with E-state index in [2.05, 4.69) is 15.5 Å². The third-order valence-corrected chi connectivity index (χ3v) is 6.22. The van der Waals surface area contributed by atoms with E-state index in [-0.39, 0.29) is 29.8 Å². The Bertz CT molecular complexity index is 596. The third-order valence-electron chi connectivity index (χ3n) is 6.22. The first kappa shape index (κ1) is 18.5. The summed E-state index contributed by atoms with van der Waals surface area (Å²) in [6, 6.07) is 0.645. The predicted molar refractivity (Wildman–Crippen MR) is 100 cm³/mol. The molecule has 2 N–H and O–H groups in total. The monoisotopic (exact) mass is 377 g/mol. The van der Waals surface area contributed by atoms with Gasteiger partial charge in [-0.1, -0.05) is 0 Å². The normalized spacial score (nSPS) is 27.6. The summed E-state index contributed by atoms with van der Waals surface area (Å²) in [5.41, 5.74) is 0. The minimum Gasteiger partial charge on any atom is -0.352 e. The van der Waals surface area contributed by atoms with Crippen LogP contribution < -0.4 is 10.6 Å². The molecule has 27 heavy (non-hydrogen) atoms. The molecule has 2 aliphatic heterocycles. The summed E-state index contributed by atoms with van der Waals surface area (Å²) >= 11 is 0. The molecular weight excluding hydrogens is 346 g/mol. The van der Waals surface area contributed by atoms with Gasteiger partial charge in [-0.15, -0.1) is 0 Å². The lowest BCUT2D eigenvalue weighted by atomic mass is 10.1. The third kappa shape index (κ3) is 4.54. The summed E-state index contributed by atoms with van der Waals surface area (Å²) in [5, 5.41) is 6.06. The number of likely N-dealkylation sites (tertiary alicyclic amines) is 1. The van der Waals surface area contributed by atoms with Gasteiger partial charge in [0.25, 0.3) is 0 Å². The number of hydrogen-bond acceptors (Lipinski definition) is 4. The summed E-state index contributed by atoms with van der Waals surface area (Å²) in [7, 11) is 0. The Morgan fingerprint density at radius 3 is 2.44 bits per heavy atom. The number of nitrogens with one attached hydrogen (secondary N) is 2. The topological polar surface area (TPSA) is 85.0 Å². The van der Waals surface area contributed by atoms with Gasteiger partial charge in [-0.2, -0.15) is 0 Å². The standard InChI is InChI=1S/C19H31N5O3/c1-13(18(26)21-15-2-3-15)22-6-8-23(9-7-22)19(27)20-11-14-10-17(25)24(12-14)16-4-5-16/h13-16H,2-12H2,1H3,(H,20,27)(H,21,26). The SMILES string of the molecule is CC(C(=O)NC1CC1)N1CCN(C(=O)NCC2CC(=O)N(C3CC3)C2)CC1. The largest absolute Gasteiger partial charge is 0.352 e. The summed E-state index contributed by atoms with van der Waals surface area (Å²) in [4.78, 5) is 42.6. The van der Waals surface area contributed by atoms with E-state index in [0.717, 1.165) is 32.2 Å². The fourth-order valence-electron chi connectivity index (χ4n) is 4.06. The van der Waals surface area contributed by atoms with Crippen LogP contribution >= 0.6 is 0 Å². The highest BCUT2D eigenvalue weighted by atomic mass is 16.2. The van der Waals surface area contributed by atoms with Crippen LogP contribution in [0.2, 0.25) is 0 Å². The van der Waals surface area contributed by atoms with Crippen molar-refractivity contribution in [3.63, 3.8) is 0 Å². The molecule has 0 bridgehead atoms. The Hall–Kier alpha value is -1.83. The number of rotatable bonds is 6. The second-order valence-corrected chi connectivity index (χ2v) is 8.52. The zero-order valence-electron chi connectivity index (χ0n) is 16.2. The zero-order chi connectivity index (χ0) is 19.0. The maximum Gasteiger partial charge on any atom is 0.317 e. The highest BCUT2D eigenvalue weighted by Gasteiger charge is 2.39. The molecular formula is C19H31N5O3. The van der Waals surface area contributed by atoms with Crippen molar-refractivity contribution in [2.75, 3.05) is 39.3 Å². The van der Waals surface area contributed by atoms with E-state index in [1.807, 2.05) is 16.7 Å². The Balaban J connectivity index is 1.16. The fourth-order valence-corrected chi connectivity index (χ4v) is 4.06. The Labute approximate surface area is 160 Å². The van der Waals surface area contributed by atoms with Gasteiger partial charge in [-0.3, -0.25) is 14.5 Å². The van der Waals surface area contributed by atoms with Crippen molar-refractivity contribution in [1.29, 1.82) is 0 Å². The molecule has 2 aliphatic carbocycles. The molecule has 0 aromatic rings. The predicted octanol–water partition coefficient (Wildman–Crippen LogP) is -0.00840. The van der Waals surface area contributed by atoms with Crippen LogP contribution in [0.15, 0.2) is 0 Å². The van der Waals surface area contributed by atoms with Crippen molar-refractivity contribution in [1.82, 2.24) is 25.3 Å². The van der Waals surface area contributed by atoms with E-state index in [4.69, 9.17) is 0 Å². The van der Waals surface area contributed by atoms with Gasteiger partial charge in [-0.25, -0.2) is 4.79 Å². The second-order valence-electron chi connectivity index (χ2n) is 8.52. The van der Waals surface area contributed by atoms with Gasteiger partial charge >= 0.3 is 6.03 Å². The van der Waals surface area contributed by atoms with E-state index < -0.39 is 0 Å². The lowest BCUT2D eigenvalue weighted by Gasteiger charge is -2.37. The van der Waals surface area contributed by atoms with Crippen LogP contribution in [0, 0.1) is 5.92 Å². The van der Waals surface area contributed by atoms with Crippen LogP contribution in [-0.4, -0.2) is 89.9 Å². The van der Waals surface area contributed by atoms with Gasteiger partial charge in [0.1, 0.15) is 0 Å². The molecule has 150 valence electrons. The molecule has 4 rings (SSSR count). The van der Waals surface area contributed by atoms with E-state index >= 15 is 0 Å². The maximum absolute atomic E-state index is 12.4. The van der Waals surface area contributed by atoms with Crippen molar-refractivity contribution < 1.29 is 14.4 Å². The van der Waals surface area contributed by atoms with Crippen molar-refractivity contribution in [2.24, 2.45) is 5.92 Å². The summed E-state index contributed by atoms with van der Waals surface area (Å²) < 4.78 is 0. The van der Waals surface area contributed by atoms with Crippen LogP contribution in [0.1, 0.15) is 39.0 Å². The molecule has 0 aromatic heterocycles. The van der Waals surface area contributed by atoms with E-state index in [1.54, 1.807) is 0 Å². The lowest BCUT2D eigenvalue weighted by Crippen LogP contribution is -2.56. The number of amides is 4. The van der Waals surface area contributed by atoms with Gasteiger partial charge in [0.2, 0.25) is 11.8 Å². The molecule has 8 heteroatoms. The number of urea groups is 1. The quantitative estimate of drug-likeness (QED) is 0.682.